The molecule has 0 bridgehead atoms. The van der Waals surface area contributed by atoms with E-state index in [-0.39, 0.29) is 11.4 Å². The van der Waals surface area contributed by atoms with Crippen molar-refractivity contribution >= 4 is 17.6 Å². The Morgan fingerprint density at radius 2 is 2.11 bits per heavy atom. The number of rotatable bonds is 3. The van der Waals surface area contributed by atoms with Crippen LogP contribution in [-0.2, 0) is 0 Å². The average molecular weight is 259 g/mol. The summed E-state index contributed by atoms with van der Waals surface area (Å²) >= 11 is 0. The van der Waals surface area contributed by atoms with Crippen molar-refractivity contribution in [1.82, 2.24) is 9.97 Å². The van der Waals surface area contributed by atoms with E-state index in [1.807, 2.05) is 25.1 Å². The molecule has 1 aromatic carbocycles. The molecular weight excluding hydrogens is 246 g/mol. The number of aromatic nitrogens is 2. The van der Waals surface area contributed by atoms with Crippen molar-refractivity contribution < 1.29 is 14.7 Å². The van der Waals surface area contributed by atoms with Gasteiger partial charge >= 0.3 is 5.97 Å². The van der Waals surface area contributed by atoms with Crippen LogP contribution in [0.2, 0.25) is 0 Å². The van der Waals surface area contributed by atoms with E-state index in [0.29, 0.717) is 5.69 Å². The first-order chi connectivity index (χ1) is 9.00. The Bertz CT molecular complexity index is 634. The number of carboxylic acid groups (broad SMARTS) is 1. The van der Waals surface area contributed by atoms with E-state index in [4.69, 9.17) is 5.11 Å². The maximum absolute atomic E-state index is 12.2. The predicted octanol–water partition coefficient (Wildman–Crippen LogP) is 1.69. The number of H-pyrrole nitrogens is 1. The summed E-state index contributed by atoms with van der Waals surface area (Å²) in [7, 11) is 1.58. The van der Waals surface area contributed by atoms with Gasteiger partial charge in [-0.2, -0.15) is 0 Å². The maximum atomic E-state index is 12.2. The van der Waals surface area contributed by atoms with Crippen molar-refractivity contribution in [3.05, 3.63) is 47.5 Å². The smallest absolute Gasteiger partial charge is 0.354 e. The average Bonchev–Trinajstić information content (AvgIpc) is 2.86. The molecule has 0 saturated heterocycles. The summed E-state index contributed by atoms with van der Waals surface area (Å²) < 4.78 is 0. The Morgan fingerprint density at radius 3 is 2.74 bits per heavy atom. The molecule has 2 aromatic rings. The summed E-state index contributed by atoms with van der Waals surface area (Å²) in [5.41, 5.74) is 1.39. The minimum absolute atomic E-state index is 0.100. The number of nitrogens with zero attached hydrogens (tertiary/aromatic N) is 2. The molecule has 0 atom stereocenters. The third kappa shape index (κ3) is 2.47. The number of aromatic carboxylic acids is 1. The fourth-order valence-electron chi connectivity index (χ4n) is 1.73. The molecule has 0 unspecified atom stereocenters. The van der Waals surface area contributed by atoms with E-state index >= 15 is 0 Å². The molecular formula is C13H13N3O3. The lowest BCUT2D eigenvalue weighted by atomic mass is 10.2. The maximum Gasteiger partial charge on any atom is 0.354 e. The number of hydrogen-bond acceptors (Lipinski definition) is 3. The monoisotopic (exact) mass is 259 g/mol. The molecule has 19 heavy (non-hydrogen) atoms. The summed E-state index contributed by atoms with van der Waals surface area (Å²) in [5.74, 6) is -1.68. The fraction of sp³-hybridized carbons (Fsp3) is 0.154. The molecule has 0 saturated carbocycles. The van der Waals surface area contributed by atoms with E-state index in [0.717, 1.165) is 5.56 Å². The predicted molar refractivity (Wildman–Crippen MR) is 69.5 cm³/mol. The van der Waals surface area contributed by atoms with Crippen molar-refractivity contribution in [2.45, 2.75) is 6.92 Å². The van der Waals surface area contributed by atoms with Crippen molar-refractivity contribution in [2.75, 3.05) is 11.9 Å². The van der Waals surface area contributed by atoms with Crippen LogP contribution in [0, 0.1) is 6.92 Å². The van der Waals surface area contributed by atoms with Crippen LogP contribution in [0.5, 0.6) is 0 Å². The van der Waals surface area contributed by atoms with Gasteiger partial charge in [0.05, 0.1) is 6.33 Å². The van der Waals surface area contributed by atoms with Gasteiger partial charge in [-0.25, -0.2) is 9.78 Å². The lowest BCUT2D eigenvalue weighted by Crippen LogP contribution is -2.28. The minimum Gasteiger partial charge on any atom is -0.477 e. The van der Waals surface area contributed by atoms with E-state index in [9.17, 15) is 9.59 Å². The summed E-state index contributed by atoms with van der Waals surface area (Å²) in [5, 5.41) is 8.96. The number of benzene rings is 1. The van der Waals surface area contributed by atoms with Crippen LogP contribution in [0.25, 0.3) is 0 Å². The van der Waals surface area contributed by atoms with Gasteiger partial charge in [-0.1, -0.05) is 12.1 Å². The summed E-state index contributed by atoms with van der Waals surface area (Å²) in [6, 6.07) is 7.36. The van der Waals surface area contributed by atoms with Gasteiger partial charge in [-0.15, -0.1) is 0 Å². The zero-order valence-corrected chi connectivity index (χ0v) is 10.5. The van der Waals surface area contributed by atoms with E-state index < -0.39 is 11.9 Å². The second-order valence-corrected chi connectivity index (χ2v) is 4.13. The highest BCUT2D eigenvalue weighted by Crippen LogP contribution is 2.17. The third-order valence-electron chi connectivity index (χ3n) is 2.75. The van der Waals surface area contributed by atoms with Crippen molar-refractivity contribution in [2.24, 2.45) is 0 Å². The molecule has 0 aliphatic carbocycles. The minimum atomic E-state index is -1.21. The molecule has 6 heteroatoms. The van der Waals surface area contributed by atoms with Gasteiger partial charge in [0.15, 0.2) is 11.4 Å². The molecule has 6 nitrogen and oxygen atoms in total. The molecule has 2 N–H and O–H groups in total. The summed E-state index contributed by atoms with van der Waals surface area (Å²) in [6.45, 7) is 1.92. The van der Waals surface area contributed by atoms with Crippen LogP contribution in [0.15, 0.2) is 30.6 Å². The molecule has 0 spiro atoms. The van der Waals surface area contributed by atoms with Crippen molar-refractivity contribution in [3.8, 4) is 0 Å². The molecule has 1 aromatic heterocycles. The van der Waals surface area contributed by atoms with Crippen LogP contribution in [0.1, 0.15) is 26.5 Å². The van der Waals surface area contributed by atoms with Crippen LogP contribution in [-0.4, -0.2) is 34.0 Å². The van der Waals surface area contributed by atoms with Crippen LogP contribution in [0.3, 0.4) is 0 Å². The number of carbonyl (C=O) groups excluding carboxylic acids is 1. The second kappa shape index (κ2) is 4.93. The third-order valence-corrected chi connectivity index (χ3v) is 2.75. The number of hydrogen-bond donors (Lipinski definition) is 2. The van der Waals surface area contributed by atoms with E-state index in [1.165, 1.54) is 11.2 Å². The Kier molecular flexibility index (Phi) is 3.33. The van der Waals surface area contributed by atoms with E-state index in [1.54, 1.807) is 13.1 Å². The number of anilines is 1. The van der Waals surface area contributed by atoms with Gasteiger partial charge in [0, 0.05) is 12.7 Å². The van der Waals surface area contributed by atoms with Crippen LogP contribution < -0.4 is 4.90 Å². The molecule has 98 valence electrons. The van der Waals surface area contributed by atoms with Crippen LogP contribution >= 0.6 is 0 Å². The SMILES string of the molecule is Cc1cccc(N(C)C(=O)c2nc[nH]c2C(=O)O)c1. The quantitative estimate of drug-likeness (QED) is 0.878. The molecule has 0 radical (unpaired) electrons. The molecule has 2 rings (SSSR count). The van der Waals surface area contributed by atoms with Gasteiger partial charge in [0.25, 0.3) is 5.91 Å². The molecule has 0 fully saturated rings. The first kappa shape index (κ1) is 12.8. The normalized spacial score (nSPS) is 10.2. The van der Waals surface area contributed by atoms with Gasteiger partial charge in [-0.3, -0.25) is 4.79 Å². The number of amides is 1. The number of carboxylic acids is 1. The molecule has 1 heterocycles. The van der Waals surface area contributed by atoms with Gasteiger partial charge in [0.2, 0.25) is 0 Å². The highest BCUT2D eigenvalue weighted by atomic mass is 16.4. The number of nitrogens with one attached hydrogen (secondary N) is 1. The highest BCUT2D eigenvalue weighted by molar-refractivity contribution is 6.09. The largest absolute Gasteiger partial charge is 0.477 e. The Labute approximate surface area is 109 Å². The summed E-state index contributed by atoms with van der Waals surface area (Å²) in [6.07, 6.45) is 1.20. The standard InChI is InChI=1S/C13H13N3O3/c1-8-4-3-5-9(6-8)16(2)12(17)10-11(13(18)19)15-7-14-10/h3-7H,1-2H3,(H,14,15)(H,18,19). The molecule has 1 amide bonds. The zero-order valence-electron chi connectivity index (χ0n) is 10.5. The highest BCUT2D eigenvalue weighted by Gasteiger charge is 2.23. The van der Waals surface area contributed by atoms with Gasteiger partial charge in [0.1, 0.15) is 0 Å². The Hall–Kier alpha value is -2.63. The second-order valence-electron chi connectivity index (χ2n) is 4.13. The first-order valence-corrected chi connectivity index (χ1v) is 5.62. The Morgan fingerprint density at radius 1 is 1.37 bits per heavy atom. The number of aromatic amines is 1. The first-order valence-electron chi connectivity index (χ1n) is 5.62. The van der Waals surface area contributed by atoms with Crippen molar-refractivity contribution in [1.29, 1.82) is 0 Å². The summed E-state index contributed by atoms with van der Waals surface area (Å²) in [4.78, 5) is 30.8. The Balaban J connectivity index is 2.34. The van der Waals surface area contributed by atoms with Crippen LogP contribution in [0.4, 0.5) is 5.69 Å². The number of carbonyl (C=O) groups is 2. The number of aryl methyl sites for hydroxylation is 1. The van der Waals surface area contributed by atoms with Gasteiger partial charge in [-0.05, 0) is 24.6 Å². The topological polar surface area (TPSA) is 86.3 Å². The lowest BCUT2D eigenvalue weighted by Gasteiger charge is -2.16. The molecule has 0 aliphatic heterocycles. The number of imidazole rings is 1. The van der Waals surface area contributed by atoms with Gasteiger partial charge < -0.3 is 15.0 Å². The molecule has 0 aliphatic rings. The lowest BCUT2D eigenvalue weighted by molar-refractivity contribution is 0.0686. The van der Waals surface area contributed by atoms with E-state index in [2.05, 4.69) is 9.97 Å². The fourth-order valence-corrected chi connectivity index (χ4v) is 1.73. The zero-order chi connectivity index (χ0) is 14.0. The van der Waals surface area contributed by atoms with Crippen molar-refractivity contribution in [3.63, 3.8) is 0 Å².